The van der Waals surface area contributed by atoms with Crippen LogP contribution in [0.4, 0.5) is 22.7 Å². The number of para-hydroxylation sites is 2. The van der Waals surface area contributed by atoms with E-state index < -0.39 is 0 Å². The van der Waals surface area contributed by atoms with E-state index in [2.05, 4.69) is 75.8 Å². The Morgan fingerprint density at radius 3 is 2.13 bits per heavy atom. The molecule has 3 aromatic carbocycles. The number of ether oxygens (including phenoxy) is 1. The number of nitrogens with one attached hydrogen (secondary N) is 1. The van der Waals surface area contributed by atoms with Gasteiger partial charge in [0.15, 0.2) is 0 Å². The molecule has 0 unspecified atom stereocenters. The lowest BCUT2D eigenvalue weighted by Gasteiger charge is -2.32. The summed E-state index contributed by atoms with van der Waals surface area (Å²) < 4.78 is 5.41. The second kappa shape index (κ2) is 9.04. The van der Waals surface area contributed by atoms with Crippen molar-refractivity contribution in [1.82, 2.24) is 0 Å². The van der Waals surface area contributed by atoms with Crippen molar-refractivity contribution in [1.29, 1.82) is 0 Å². The van der Waals surface area contributed by atoms with Gasteiger partial charge in [0.1, 0.15) is 0 Å². The van der Waals surface area contributed by atoms with Crippen LogP contribution in [0.1, 0.15) is 6.42 Å². The van der Waals surface area contributed by atoms with Gasteiger partial charge in [0.05, 0.1) is 24.6 Å². The number of carbonyl (C=O) groups is 1. The van der Waals surface area contributed by atoms with Gasteiger partial charge in [-0.25, -0.2) is 0 Å². The van der Waals surface area contributed by atoms with E-state index in [-0.39, 0.29) is 5.91 Å². The molecule has 5 nitrogen and oxygen atoms in total. The molecule has 31 heavy (non-hydrogen) atoms. The smallest absolute Gasteiger partial charge is 0.226 e. The zero-order valence-corrected chi connectivity index (χ0v) is 18.1. The summed E-state index contributed by atoms with van der Waals surface area (Å²) in [5.74, 6) is 0.0207. The Labute approximate surface area is 187 Å². The largest absolute Gasteiger partial charge is 0.378 e. The molecule has 2 aliphatic rings. The highest BCUT2D eigenvalue weighted by Crippen LogP contribution is 2.47. The van der Waals surface area contributed by atoms with Crippen LogP contribution in [-0.2, 0) is 9.53 Å². The van der Waals surface area contributed by atoms with Gasteiger partial charge >= 0.3 is 0 Å². The van der Waals surface area contributed by atoms with Crippen molar-refractivity contribution >= 4 is 40.4 Å². The number of nitrogens with zero attached hydrogens (tertiary/aromatic N) is 2. The van der Waals surface area contributed by atoms with Crippen molar-refractivity contribution in [2.45, 2.75) is 16.2 Å². The molecule has 0 radical (unpaired) electrons. The molecule has 158 valence electrons. The number of anilines is 4. The molecule has 1 saturated heterocycles. The molecule has 0 spiro atoms. The van der Waals surface area contributed by atoms with Gasteiger partial charge in [-0.2, -0.15) is 0 Å². The lowest BCUT2D eigenvalue weighted by Crippen LogP contribution is -2.36. The lowest BCUT2D eigenvalue weighted by atomic mass is 10.2. The summed E-state index contributed by atoms with van der Waals surface area (Å²) >= 11 is 1.78. The fraction of sp³-hybridized carbons (Fsp3) is 0.240. The minimum Gasteiger partial charge on any atom is -0.378 e. The van der Waals surface area contributed by atoms with Gasteiger partial charge in [-0.3, -0.25) is 4.79 Å². The molecule has 5 rings (SSSR count). The quantitative estimate of drug-likeness (QED) is 0.605. The Bertz CT molecular complexity index is 1020. The molecule has 0 aliphatic carbocycles. The van der Waals surface area contributed by atoms with Crippen LogP contribution in [-0.4, -0.2) is 38.8 Å². The van der Waals surface area contributed by atoms with Crippen molar-refractivity contribution in [2.75, 3.05) is 48.0 Å². The lowest BCUT2D eigenvalue weighted by molar-refractivity contribution is -0.116. The number of rotatable bonds is 5. The molecule has 0 aromatic heterocycles. The molecule has 0 saturated carbocycles. The molecule has 6 heteroatoms. The van der Waals surface area contributed by atoms with E-state index in [9.17, 15) is 4.79 Å². The van der Waals surface area contributed by atoms with E-state index in [0.29, 0.717) is 13.0 Å². The molecule has 2 heterocycles. The van der Waals surface area contributed by atoms with E-state index in [4.69, 9.17) is 4.74 Å². The topological polar surface area (TPSA) is 44.8 Å². The van der Waals surface area contributed by atoms with Crippen LogP contribution >= 0.6 is 11.8 Å². The number of fused-ring (bicyclic) bond motifs is 2. The predicted octanol–water partition coefficient (Wildman–Crippen LogP) is 5.15. The van der Waals surface area contributed by atoms with Gasteiger partial charge < -0.3 is 19.9 Å². The molecule has 1 N–H and O–H groups in total. The van der Waals surface area contributed by atoms with E-state index in [1.165, 1.54) is 15.5 Å². The number of morpholine rings is 1. The predicted molar refractivity (Wildman–Crippen MR) is 127 cm³/mol. The molecule has 2 aliphatic heterocycles. The zero-order valence-electron chi connectivity index (χ0n) is 17.3. The summed E-state index contributed by atoms with van der Waals surface area (Å²) in [5, 5.41) is 3.05. The van der Waals surface area contributed by atoms with Gasteiger partial charge in [-0.05, 0) is 48.5 Å². The minimum absolute atomic E-state index is 0.0207. The first-order valence-electron chi connectivity index (χ1n) is 10.6. The van der Waals surface area contributed by atoms with E-state index in [1.807, 2.05) is 12.1 Å². The first-order valence-corrected chi connectivity index (χ1v) is 11.5. The highest BCUT2D eigenvalue weighted by atomic mass is 32.2. The molecule has 1 fully saturated rings. The zero-order chi connectivity index (χ0) is 21.0. The third-order valence-electron chi connectivity index (χ3n) is 5.62. The first kappa shape index (κ1) is 20.0. The van der Waals surface area contributed by atoms with Gasteiger partial charge in [0.2, 0.25) is 5.91 Å². The second-order valence-corrected chi connectivity index (χ2v) is 8.72. The summed E-state index contributed by atoms with van der Waals surface area (Å²) in [6.07, 6.45) is 0.415. The van der Waals surface area contributed by atoms with Crippen LogP contribution in [0.3, 0.4) is 0 Å². The highest BCUT2D eigenvalue weighted by Gasteiger charge is 2.23. The Kier molecular flexibility index (Phi) is 5.82. The SMILES string of the molecule is O=C(CCN1c2ccccc2Sc2ccccc21)Nc1ccc(N2CCOCC2)cc1. The molecule has 0 atom stereocenters. The summed E-state index contributed by atoms with van der Waals surface area (Å²) in [6.45, 7) is 3.97. The highest BCUT2D eigenvalue weighted by molar-refractivity contribution is 7.99. The first-order chi connectivity index (χ1) is 15.3. The van der Waals surface area contributed by atoms with Crippen LogP contribution in [0, 0.1) is 0 Å². The minimum atomic E-state index is 0.0207. The van der Waals surface area contributed by atoms with Crippen LogP contribution in [0.25, 0.3) is 0 Å². The standard InChI is InChI=1S/C25H25N3O2S/c29-25(26-19-9-11-20(12-10-19)27-15-17-30-18-16-27)13-14-28-21-5-1-3-7-23(21)31-24-8-4-2-6-22(24)28/h1-12H,13-18H2,(H,26,29). The van der Waals surface area contributed by atoms with Crippen LogP contribution in [0.5, 0.6) is 0 Å². The Hall–Kier alpha value is -2.96. The fourth-order valence-electron chi connectivity index (χ4n) is 4.04. The Morgan fingerprint density at radius 2 is 1.48 bits per heavy atom. The number of benzene rings is 3. The molecule has 3 aromatic rings. The van der Waals surface area contributed by atoms with Crippen LogP contribution < -0.4 is 15.1 Å². The van der Waals surface area contributed by atoms with Crippen molar-refractivity contribution in [3.63, 3.8) is 0 Å². The molecule has 0 bridgehead atoms. The van der Waals surface area contributed by atoms with Gasteiger partial charge in [0.25, 0.3) is 0 Å². The van der Waals surface area contributed by atoms with Crippen molar-refractivity contribution in [2.24, 2.45) is 0 Å². The third kappa shape index (κ3) is 4.40. The van der Waals surface area contributed by atoms with Crippen LogP contribution in [0.2, 0.25) is 0 Å². The Balaban J connectivity index is 1.24. The molecule has 1 amide bonds. The summed E-state index contributed by atoms with van der Waals surface area (Å²) in [7, 11) is 0. The summed E-state index contributed by atoms with van der Waals surface area (Å²) in [6, 6.07) is 24.8. The third-order valence-corrected chi connectivity index (χ3v) is 6.75. The normalized spacial score (nSPS) is 15.2. The van der Waals surface area contributed by atoms with Crippen molar-refractivity contribution < 1.29 is 9.53 Å². The monoisotopic (exact) mass is 431 g/mol. The van der Waals surface area contributed by atoms with Gasteiger partial charge in [-0.15, -0.1) is 0 Å². The number of amides is 1. The summed E-state index contributed by atoms with van der Waals surface area (Å²) in [5.41, 5.74) is 4.32. The van der Waals surface area contributed by atoms with E-state index in [0.717, 1.165) is 43.4 Å². The fourth-order valence-corrected chi connectivity index (χ4v) is 5.13. The maximum absolute atomic E-state index is 12.7. The number of hydrogen-bond acceptors (Lipinski definition) is 5. The average Bonchev–Trinajstić information content (AvgIpc) is 2.83. The van der Waals surface area contributed by atoms with Crippen LogP contribution in [0.15, 0.2) is 82.6 Å². The Morgan fingerprint density at radius 1 is 0.871 bits per heavy atom. The molecular weight excluding hydrogens is 406 g/mol. The second-order valence-electron chi connectivity index (χ2n) is 7.63. The van der Waals surface area contributed by atoms with Crippen molar-refractivity contribution in [3.05, 3.63) is 72.8 Å². The maximum atomic E-state index is 12.7. The number of hydrogen-bond donors (Lipinski definition) is 1. The summed E-state index contributed by atoms with van der Waals surface area (Å²) in [4.78, 5) is 19.7. The maximum Gasteiger partial charge on any atom is 0.226 e. The van der Waals surface area contributed by atoms with Gasteiger partial charge in [0, 0.05) is 47.2 Å². The van der Waals surface area contributed by atoms with E-state index >= 15 is 0 Å². The average molecular weight is 432 g/mol. The van der Waals surface area contributed by atoms with Crippen molar-refractivity contribution in [3.8, 4) is 0 Å². The van der Waals surface area contributed by atoms with Gasteiger partial charge in [-0.1, -0.05) is 36.0 Å². The molecular formula is C25H25N3O2S. The number of carbonyl (C=O) groups excluding carboxylic acids is 1. The van der Waals surface area contributed by atoms with E-state index in [1.54, 1.807) is 11.8 Å².